The molecule has 0 radical (unpaired) electrons. The number of ether oxygens (including phenoxy) is 3. The molecular weight excluding hydrogens is 706 g/mol. The molecule has 7 atom stereocenters. The topological polar surface area (TPSA) is 264 Å². The van der Waals surface area contributed by atoms with E-state index in [2.05, 4.69) is 10.6 Å². The fraction of sp³-hybridized carbons (Fsp3) is 0.395. The Morgan fingerprint density at radius 3 is 2.41 bits per heavy atom. The minimum absolute atomic E-state index is 0.0506. The number of hydrogen-bond acceptors (Lipinski definition) is 14. The molecule has 0 aromatic heterocycles. The first kappa shape index (κ1) is 38.5. The summed E-state index contributed by atoms with van der Waals surface area (Å²) in [6.07, 6.45) is -6.20. The van der Waals surface area contributed by atoms with Crippen molar-refractivity contribution >= 4 is 29.2 Å². The number of methoxy groups -OCH3 is 1. The van der Waals surface area contributed by atoms with Gasteiger partial charge in [0.25, 0.3) is 0 Å². The van der Waals surface area contributed by atoms with Crippen LogP contribution in [0.5, 0.6) is 17.2 Å². The van der Waals surface area contributed by atoms with Gasteiger partial charge in [0.15, 0.2) is 17.9 Å². The third kappa shape index (κ3) is 7.06. The zero-order valence-electron chi connectivity index (χ0n) is 29.4. The van der Waals surface area contributed by atoms with Gasteiger partial charge in [-0.3, -0.25) is 24.0 Å². The van der Waals surface area contributed by atoms with Gasteiger partial charge in [-0.1, -0.05) is 42.5 Å². The second-order valence-electron chi connectivity index (χ2n) is 13.7. The third-order valence-electron chi connectivity index (χ3n) is 10.2. The number of carbonyl (C=O) groups is 5. The van der Waals surface area contributed by atoms with Crippen LogP contribution in [-0.2, 0) is 36.7 Å². The Kier molecular flexibility index (Phi) is 10.9. The SMILES string of the molecule is COc1cccc2c1C(=O)c1c(O)c3c(c(O)c1C2=O)C[C@@](O)(C(=O)CO)C[C@@H]3O[C@H]1C[C@H](NC(=O)CNC(=O)[C@H](N)Cc2ccccc2)[C@H](O)[C@H](C)O1. The first-order valence-corrected chi connectivity index (χ1v) is 17.3. The minimum Gasteiger partial charge on any atom is -0.507 e. The molecule has 1 heterocycles. The van der Waals surface area contributed by atoms with E-state index >= 15 is 0 Å². The number of Topliss-reactive ketones (excluding diaryl/α,β-unsaturated/α-hetero) is 1. The van der Waals surface area contributed by atoms with E-state index in [1.54, 1.807) is 0 Å². The number of nitrogens with one attached hydrogen (secondary N) is 2. The van der Waals surface area contributed by atoms with Crippen molar-refractivity contribution in [1.29, 1.82) is 0 Å². The van der Waals surface area contributed by atoms with Crippen LogP contribution in [0.25, 0.3) is 0 Å². The van der Waals surface area contributed by atoms with Crippen molar-refractivity contribution in [2.24, 2.45) is 5.73 Å². The van der Waals surface area contributed by atoms with E-state index in [0.29, 0.717) is 0 Å². The average Bonchev–Trinajstić information content (AvgIpc) is 3.15. The molecule has 3 aliphatic rings. The van der Waals surface area contributed by atoms with Gasteiger partial charge in [0.05, 0.1) is 54.6 Å². The van der Waals surface area contributed by atoms with E-state index in [-0.39, 0.29) is 40.8 Å². The second-order valence-corrected chi connectivity index (χ2v) is 13.7. The average molecular weight is 748 g/mol. The van der Waals surface area contributed by atoms with Crippen LogP contribution in [0.2, 0.25) is 0 Å². The van der Waals surface area contributed by atoms with Crippen molar-refractivity contribution in [2.45, 2.75) is 74.9 Å². The summed E-state index contributed by atoms with van der Waals surface area (Å²) in [6.45, 7) is -0.0543. The Bertz CT molecular complexity index is 2000. The minimum atomic E-state index is -2.36. The molecule has 0 spiro atoms. The molecule has 286 valence electrons. The van der Waals surface area contributed by atoms with Crippen LogP contribution < -0.4 is 21.1 Å². The lowest BCUT2D eigenvalue weighted by molar-refractivity contribution is -0.249. The first-order valence-electron chi connectivity index (χ1n) is 17.3. The number of nitrogens with two attached hydrogens (primary N) is 1. The number of hydrogen-bond donors (Lipinski definition) is 8. The van der Waals surface area contributed by atoms with Crippen LogP contribution in [0.3, 0.4) is 0 Å². The number of carbonyl (C=O) groups excluding carboxylic acids is 5. The van der Waals surface area contributed by atoms with Crippen LogP contribution in [0, 0.1) is 0 Å². The third-order valence-corrected chi connectivity index (χ3v) is 10.2. The molecule has 0 unspecified atom stereocenters. The molecule has 3 aromatic carbocycles. The monoisotopic (exact) mass is 747 g/mol. The Balaban J connectivity index is 1.25. The largest absolute Gasteiger partial charge is 0.507 e. The number of phenols is 2. The summed E-state index contributed by atoms with van der Waals surface area (Å²) in [5, 5.41) is 60.6. The number of aliphatic hydroxyl groups excluding tert-OH is 2. The number of benzene rings is 3. The van der Waals surface area contributed by atoms with Crippen molar-refractivity contribution in [3.63, 3.8) is 0 Å². The first-order chi connectivity index (χ1) is 25.7. The quantitative estimate of drug-likeness (QED) is 0.0928. The molecule has 1 aliphatic heterocycles. The summed E-state index contributed by atoms with van der Waals surface area (Å²) in [5.41, 5.74) is 2.69. The van der Waals surface area contributed by atoms with Crippen molar-refractivity contribution in [1.82, 2.24) is 10.6 Å². The lowest BCUT2D eigenvalue weighted by atomic mass is 9.72. The Morgan fingerprint density at radius 1 is 1.02 bits per heavy atom. The molecule has 0 saturated carbocycles. The molecule has 1 fully saturated rings. The highest BCUT2D eigenvalue weighted by atomic mass is 16.7. The smallest absolute Gasteiger partial charge is 0.239 e. The van der Waals surface area contributed by atoms with Crippen molar-refractivity contribution in [3.8, 4) is 17.2 Å². The molecule has 1 saturated heterocycles. The normalized spacial score (nSPS) is 25.1. The maximum atomic E-state index is 13.9. The van der Waals surface area contributed by atoms with E-state index in [4.69, 9.17) is 19.9 Å². The summed E-state index contributed by atoms with van der Waals surface area (Å²) in [4.78, 5) is 66.0. The van der Waals surface area contributed by atoms with Gasteiger partial charge >= 0.3 is 0 Å². The molecule has 16 heteroatoms. The number of amides is 2. The number of ketones is 3. The number of aromatic hydroxyl groups is 2. The Morgan fingerprint density at radius 2 is 1.72 bits per heavy atom. The van der Waals surface area contributed by atoms with Gasteiger partial charge in [0.1, 0.15) is 35.6 Å². The summed E-state index contributed by atoms with van der Waals surface area (Å²) in [6, 6.07) is 11.4. The fourth-order valence-electron chi connectivity index (χ4n) is 7.38. The molecule has 2 aliphatic carbocycles. The highest BCUT2D eigenvalue weighted by Gasteiger charge is 2.50. The van der Waals surface area contributed by atoms with E-state index < -0.39 is 120 Å². The summed E-state index contributed by atoms with van der Waals surface area (Å²) < 4.78 is 17.4. The maximum absolute atomic E-state index is 13.9. The Labute approximate surface area is 308 Å². The summed E-state index contributed by atoms with van der Waals surface area (Å²) >= 11 is 0. The highest BCUT2D eigenvalue weighted by Crippen LogP contribution is 2.52. The lowest BCUT2D eigenvalue weighted by Crippen LogP contribution is -2.57. The zero-order chi connectivity index (χ0) is 39.1. The standard InChI is InChI=1S/C38H41N3O13/c1-17-32(45)22(41-26(44)15-40-37(50)21(39)11-18-7-4-3-5-8-18)12-27(53-17)54-24-14-38(51,25(43)16-42)13-20-29(24)36(49)31-30(34(20)47)33(46)19-9-6-10-23(52-2)28(19)35(31)48/h3-10,17,21-22,24,27,32,42,45,47,49,51H,11-16,39H2,1-2H3,(H,40,50)(H,41,44)/t17-,21+,22-,24-,27-,32+,38-/m0/s1. The van der Waals surface area contributed by atoms with Crippen LogP contribution in [0.4, 0.5) is 0 Å². The molecule has 9 N–H and O–H groups in total. The van der Waals surface area contributed by atoms with Crippen molar-refractivity contribution < 1.29 is 63.7 Å². The van der Waals surface area contributed by atoms with Gasteiger partial charge in [-0.25, -0.2) is 0 Å². The molecular formula is C38H41N3O13. The van der Waals surface area contributed by atoms with Gasteiger partial charge in [0.2, 0.25) is 17.6 Å². The number of rotatable bonds is 11. The molecule has 6 rings (SSSR count). The van der Waals surface area contributed by atoms with Gasteiger partial charge in [-0.2, -0.15) is 0 Å². The lowest BCUT2D eigenvalue weighted by Gasteiger charge is -2.43. The van der Waals surface area contributed by atoms with Crippen molar-refractivity contribution in [3.05, 3.63) is 87.5 Å². The van der Waals surface area contributed by atoms with E-state index in [0.717, 1.165) is 5.56 Å². The number of fused-ring (bicyclic) bond motifs is 3. The second kappa shape index (κ2) is 15.3. The van der Waals surface area contributed by atoms with Crippen LogP contribution in [0.1, 0.15) is 74.4 Å². The number of phenolic OH excluding ortho intramolecular Hbond substituents is 2. The predicted octanol–water partition coefficient (Wildman–Crippen LogP) is -0.155. The molecule has 0 bridgehead atoms. The fourth-order valence-corrected chi connectivity index (χ4v) is 7.38. The zero-order valence-corrected chi connectivity index (χ0v) is 29.4. The van der Waals surface area contributed by atoms with Crippen LogP contribution in [-0.4, -0.2) is 111 Å². The van der Waals surface area contributed by atoms with E-state index in [1.807, 2.05) is 30.3 Å². The summed E-state index contributed by atoms with van der Waals surface area (Å²) in [7, 11) is 1.30. The highest BCUT2D eigenvalue weighted by molar-refractivity contribution is 6.31. The Hall–Kier alpha value is -5.23. The molecule has 2 amide bonds. The van der Waals surface area contributed by atoms with E-state index in [9.17, 15) is 49.5 Å². The van der Waals surface area contributed by atoms with Crippen molar-refractivity contribution in [2.75, 3.05) is 20.3 Å². The van der Waals surface area contributed by atoms with Gasteiger partial charge < -0.3 is 56.1 Å². The molecule has 3 aromatic rings. The predicted molar refractivity (Wildman–Crippen MR) is 187 cm³/mol. The van der Waals surface area contributed by atoms with Gasteiger partial charge in [0, 0.05) is 36.0 Å². The maximum Gasteiger partial charge on any atom is 0.239 e. The van der Waals surface area contributed by atoms with Crippen LogP contribution >= 0.6 is 0 Å². The molecule has 16 nitrogen and oxygen atoms in total. The van der Waals surface area contributed by atoms with E-state index in [1.165, 1.54) is 32.2 Å². The molecule has 54 heavy (non-hydrogen) atoms. The number of aliphatic hydroxyl groups is 3. The van der Waals surface area contributed by atoms with Gasteiger partial charge in [-0.05, 0) is 25.0 Å². The van der Waals surface area contributed by atoms with Gasteiger partial charge in [-0.15, -0.1) is 0 Å². The van der Waals surface area contributed by atoms with Crippen LogP contribution in [0.15, 0.2) is 48.5 Å². The summed E-state index contributed by atoms with van der Waals surface area (Å²) in [5.74, 6) is -5.39.